The van der Waals surface area contributed by atoms with Crippen LogP contribution in [-0.2, 0) is 5.41 Å². The second-order valence-electron chi connectivity index (χ2n) is 9.12. The molecule has 1 heterocycles. The van der Waals surface area contributed by atoms with E-state index in [2.05, 4.69) is 44.8 Å². The number of nitrogens with zero attached hydrogens (tertiary/aromatic N) is 1. The van der Waals surface area contributed by atoms with Gasteiger partial charge in [0.1, 0.15) is 11.3 Å². The summed E-state index contributed by atoms with van der Waals surface area (Å²) in [6.45, 7) is 9.24. The number of hydrogen-bond acceptors (Lipinski definition) is 4. The Kier molecular flexibility index (Phi) is 6.45. The summed E-state index contributed by atoms with van der Waals surface area (Å²) in [5.41, 5.74) is 4.54. The minimum absolute atomic E-state index is 0.0583. The summed E-state index contributed by atoms with van der Waals surface area (Å²) >= 11 is 0. The second-order valence-corrected chi connectivity index (χ2v) is 9.12. The molecular formula is C29H29NO3. The summed E-state index contributed by atoms with van der Waals surface area (Å²) < 4.78 is 11.6. The fourth-order valence-electron chi connectivity index (χ4n) is 3.54. The predicted octanol–water partition coefficient (Wildman–Crippen LogP) is 7.34. The first-order valence-electron chi connectivity index (χ1n) is 11.3. The van der Waals surface area contributed by atoms with Crippen LogP contribution in [0.5, 0.6) is 5.75 Å². The Balaban J connectivity index is 1.74. The molecule has 0 fully saturated rings. The summed E-state index contributed by atoms with van der Waals surface area (Å²) in [6, 6.07) is 23.0. The maximum Gasteiger partial charge on any atom is 0.231 e. The van der Waals surface area contributed by atoms with Gasteiger partial charge in [0.25, 0.3) is 0 Å². The number of ether oxygens (including phenoxy) is 1. The zero-order valence-electron chi connectivity index (χ0n) is 19.6. The number of carbonyl (C=O) groups is 1. The number of aromatic nitrogens is 1. The van der Waals surface area contributed by atoms with E-state index in [4.69, 9.17) is 9.15 Å². The zero-order chi connectivity index (χ0) is 23.4. The molecule has 3 aromatic carbocycles. The SMILES string of the molecule is CCCOc1ccc(C(=O)C(=Cc2ccc(C(C)(C)C)cc2)c2nc3ccccc3o2)cc1. The molecule has 0 radical (unpaired) electrons. The number of hydrogen-bond donors (Lipinski definition) is 0. The van der Waals surface area contributed by atoms with Gasteiger partial charge in [0, 0.05) is 5.56 Å². The van der Waals surface area contributed by atoms with Gasteiger partial charge in [-0.25, -0.2) is 4.98 Å². The third-order valence-electron chi connectivity index (χ3n) is 5.45. The van der Waals surface area contributed by atoms with Crippen molar-refractivity contribution in [2.24, 2.45) is 0 Å². The van der Waals surface area contributed by atoms with E-state index in [0.717, 1.165) is 23.3 Å². The highest BCUT2D eigenvalue weighted by Gasteiger charge is 2.21. The van der Waals surface area contributed by atoms with E-state index in [9.17, 15) is 4.79 Å². The molecule has 4 aromatic rings. The van der Waals surface area contributed by atoms with Gasteiger partial charge < -0.3 is 9.15 Å². The van der Waals surface area contributed by atoms with Crippen LogP contribution in [0.4, 0.5) is 0 Å². The van der Waals surface area contributed by atoms with Crippen molar-refractivity contribution < 1.29 is 13.9 Å². The van der Waals surface area contributed by atoms with Crippen molar-refractivity contribution in [1.29, 1.82) is 0 Å². The Morgan fingerprint density at radius 3 is 2.30 bits per heavy atom. The molecule has 0 saturated carbocycles. The monoisotopic (exact) mass is 439 g/mol. The fourth-order valence-corrected chi connectivity index (χ4v) is 3.54. The number of carbonyl (C=O) groups excluding carboxylic acids is 1. The van der Waals surface area contributed by atoms with Crippen LogP contribution in [0, 0.1) is 0 Å². The second kappa shape index (κ2) is 9.45. The van der Waals surface area contributed by atoms with Crippen LogP contribution in [0.25, 0.3) is 22.7 Å². The van der Waals surface area contributed by atoms with E-state index in [1.165, 1.54) is 5.56 Å². The molecule has 1 aromatic heterocycles. The van der Waals surface area contributed by atoms with Crippen LogP contribution in [0.1, 0.15) is 61.5 Å². The van der Waals surface area contributed by atoms with E-state index in [0.29, 0.717) is 29.2 Å². The van der Waals surface area contributed by atoms with E-state index < -0.39 is 0 Å². The molecule has 0 atom stereocenters. The molecule has 0 spiro atoms. The standard InChI is InChI=1S/C29H29NO3/c1-5-18-32-23-16-12-21(13-17-23)27(31)24(28-30-25-8-6-7-9-26(25)33-28)19-20-10-14-22(15-11-20)29(2,3)4/h6-17,19H,5,18H2,1-4H3. The number of rotatable bonds is 7. The van der Waals surface area contributed by atoms with Gasteiger partial charge in [0.15, 0.2) is 11.4 Å². The van der Waals surface area contributed by atoms with Crippen molar-refractivity contribution >= 4 is 28.5 Å². The number of ketones is 1. The minimum atomic E-state index is -0.150. The number of Topliss-reactive ketones (excluding diaryl/α,β-unsaturated/α-hetero) is 1. The molecule has 0 aliphatic carbocycles. The van der Waals surface area contributed by atoms with Crippen molar-refractivity contribution in [1.82, 2.24) is 4.98 Å². The highest BCUT2D eigenvalue weighted by molar-refractivity contribution is 6.31. The van der Waals surface area contributed by atoms with Crippen LogP contribution in [0.3, 0.4) is 0 Å². The van der Waals surface area contributed by atoms with E-state index in [1.807, 2.05) is 54.6 Å². The largest absolute Gasteiger partial charge is 0.494 e. The molecule has 0 saturated heterocycles. The Morgan fingerprint density at radius 2 is 1.67 bits per heavy atom. The van der Waals surface area contributed by atoms with Crippen LogP contribution >= 0.6 is 0 Å². The number of oxazole rings is 1. The van der Waals surface area contributed by atoms with Crippen molar-refractivity contribution in [2.75, 3.05) is 6.61 Å². The highest BCUT2D eigenvalue weighted by Crippen LogP contribution is 2.28. The number of fused-ring (bicyclic) bond motifs is 1. The molecular weight excluding hydrogens is 410 g/mol. The summed E-state index contributed by atoms with van der Waals surface area (Å²) in [5, 5.41) is 0. The number of benzene rings is 3. The maximum absolute atomic E-state index is 13.6. The lowest BCUT2D eigenvalue weighted by atomic mass is 9.86. The van der Waals surface area contributed by atoms with Gasteiger partial charge in [0.05, 0.1) is 12.2 Å². The first-order chi connectivity index (χ1) is 15.8. The average molecular weight is 440 g/mol. The Labute approximate surface area is 194 Å². The first-order valence-corrected chi connectivity index (χ1v) is 11.3. The third kappa shape index (κ3) is 5.23. The summed E-state index contributed by atoms with van der Waals surface area (Å²) in [4.78, 5) is 18.2. The molecule has 0 aliphatic rings. The van der Waals surface area contributed by atoms with Gasteiger partial charge in [-0.1, -0.05) is 64.1 Å². The van der Waals surface area contributed by atoms with Gasteiger partial charge in [-0.05, 0) is 65.4 Å². The van der Waals surface area contributed by atoms with Crippen LogP contribution < -0.4 is 4.74 Å². The normalized spacial score (nSPS) is 12.2. The van der Waals surface area contributed by atoms with Crippen LogP contribution in [-0.4, -0.2) is 17.4 Å². The maximum atomic E-state index is 13.6. The Hall–Kier alpha value is -3.66. The smallest absolute Gasteiger partial charge is 0.231 e. The molecule has 4 rings (SSSR count). The van der Waals surface area contributed by atoms with Crippen molar-refractivity contribution in [3.05, 3.63) is 95.4 Å². The molecule has 4 nitrogen and oxygen atoms in total. The van der Waals surface area contributed by atoms with Crippen LogP contribution in [0.15, 0.2) is 77.2 Å². The topological polar surface area (TPSA) is 52.3 Å². The van der Waals surface area contributed by atoms with Gasteiger partial charge in [0.2, 0.25) is 5.89 Å². The van der Waals surface area contributed by atoms with Gasteiger partial charge in [-0.15, -0.1) is 0 Å². The predicted molar refractivity (Wildman–Crippen MR) is 134 cm³/mol. The Morgan fingerprint density at radius 1 is 0.970 bits per heavy atom. The number of allylic oxidation sites excluding steroid dienone is 1. The number of para-hydroxylation sites is 2. The molecule has 0 bridgehead atoms. The molecule has 4 heteroatoms. The lowest BCUT2D eigenvalue weighted by Crippen LogP contribution is -2.10. The van der Waals surface area contributed by atoms with Crippen molar-refractivity contribution in [3.63, 3.8) is 0 Å². The summed E-state index contributed by atoms with van der Waals surface area (Å²) in [5.74, 6) is 0.912. The van der Waals surface area contributed by atoms with Crippen molar-refractivity contribution in [3.8, 4) is 5.75 Å². The van der Waals surface area contributed by atoms with E-state index in [-0.39, 0.29) is 11.2 Å². The molecule has 0 N–H and O–H groups in total. The molecule has 168 valence electrons. The summed E-state index contributed by atoms with van der Waals surface area (Å²) in [6.07, 6.45) is 2.78. The zero-order valence-corrected chi connectivity index (χ0v) is 19.6. The van der Waals surface area contributed by atoms with Gasteiger partial charge in [-0.2, -0.15) is 0 Å². The lowest BCUT2D eigenvalue weighted by Gasteiger charge is -2.18. The summed E-state index contributed by atoms with van der Waals surface area (Å²) in [7, 11) is 0. The minimum Gasteiger partial charge on any atom is -0.494 e. The quantitative estimate of drug-likeness (QED) is 0.223. The van der Waals surface area contributed by atoms with Gasteiger partial charge >= 0.3 is 0 Å². The van der Waals surface area contributed by atoms with Crippen molar-refractivity contribution in [2.45, 2.75) is 39.5 Å². The van der Waals surface area contributed by atoms with E-state index in [1.54, 1.807) is 12.1 Å². The molecule has 0 amide bonds. The molecule has 0 aliphatic heterocycles. The van der Waals surface area contributed by atoms with Crippen LogP contribution in [0.2, 0.25) is 0 Å². The van der Waals surface area contributed by atoms with Gasteiger partial charge in [-0.3, -0.25) is 4.79 Å². The highest BCUT2D eigenvalue weighted by atomic mass is 16.5. The Bertz CT molecular complexity index is 1240. The average Bonchev–Trinajstić information content (AvgIpc) is 3.25. The third-order valence-corrected chi connectivity index (χ3v) is 5.45. The fraction of sp³-hybridized carbons (Fsp3) is 0.241. The first kappa shape index (κ1) is 22.5. The van der Waals surface area contributed by atoms with E-state index >= 15 is 0 Å². The molecule has 33 heavy (non-hydrogen) atoms. The molecule has 0 unspecified atom stereocenters. The lowest BCUT2D eigenvalue weighted by molar-refractivity contribution is 0.105.